The number of carbonyl (C=O) groups excluding carboxylic acids is 1. The van der Waals surface area contributed by atoms with Gasteiger partial charge in [0.1, 0.15) is 28.8 Å². The van der Waals surface area contributed by atoms with E-state index in [-0.39, 0.29) is 53.8 Å². The zero-order valence-corrected chi connectivity index (χ0v) is 22.9. The number of amides is 1. The van der Waals surface area contributed by atoms with Crippen molar-refractivity contribution in [3.8, 4) is 11.5 Å². The highest BCUT2D eigenvalue weighted by atomic mass is 35.5. The summed E-state index contributed by atoms with van der Waals surface area (Å²) in [5.74, 6) is -1.60. The van der Waals surface area contributed by atoms with Gasteiger partial charge in [0.15, 0.2) is 10.7 Å². The largest absolute Gasteiger partial charge is 0.495 e. The van der Waals surface area contributed by atoms with Gasteiger partial charge in [-0.15, -0.1) is 0 Å². The number of halogens is 3. The van der Waals surface area contributed by atoms with Crippen LogP contribution < -0.4 is 14.8 Å². The van der Waals surface area contributed by atoms with Crippen LogP contribution in [0.3, 0.4) is 0 Å². The van der Waals surface area contributed by atoms with Gasteiger partial charge in [-0.05, 0) is 50.1 Å². The van der Waals surface area contributed by atoms with Gasteiger partial charge in [0.05, 0.1) is 24.9 Å². The van der Waals surface area contributed by atoms with Gasteiger partial charge in [-0.3, -0.25) is 4.79 Å². The lowest BCUT2D eigenvalue weighted by Gasteiger charge is -2.30. The van der Waals surface area contributed by atoms with Gasteiger partial charge in [-0.1, -0.05) is 16.8 Å². The monoisotopic (exact) mass is 581 g/mol. The second-order valence-electron chi connectivity index (χ2n) is 8.82. The van der Waals surface area contributed by atoms with Crippen LogP contribution in [0, 0.1) is 24.5 Å². The molecule has 0 saturated carbocycles. The minimum absolute atomic E-state index is 0.0513. The Morgan fingerprint density at radius 2 is 1.82 bits per heavy atom. The molecule has 1 saturated heterocycles. The molecule has 1 aromatic heterocycles. The lowest BCUT2D eigenvalue weighted by Crippen LogP contribution is -2.41. The molecule has 1 fully saturated rings. The Morgan fingerprint density at radius 3 is 2.46 bits per heavy atom. The number of hydrogen-bond donors (Lipinski definition) is 1. The summed E-state index contributed by atoms with van der Waals surface area (Å²) in [5.41, 5.74) is 0.561. The smallest absolute Gasteiger partial charge is 0.248 e. The van der Waals surface area contributed by atoms with E-state index in [4.69, 9.17) is 25.6 Å². The van der Waals surface area contributed by atoms with Gasteiger partial charge in [-0.25, -0.2) is 17.2 Å². The standard InChI is InChI=1S/C26H26ClF2N3O6S/c1-15-25(22(38-31-15)7-5-16-4-6-18(28)12-20(16)29)39(34,35)32-10-8-17(9-11-32)26(33)30-21-13-19(27)23(36-2)14-24(21)37-3/h4-7,12-14,17H,8-11H2,1-3H3,(H,30,33). The predicted octanol–water partition coefficient (Wildman–Crippen LogP) is 5.14. The topological polar surface area (TPSA) is 111 Å². The molecule has 1 amide bonds. The lowest BCUT2D eigenvalue weighted by molar-refractivity contribution is -0.120. The molecule has 2 heterocycles. The minimum atomic E-state index is -4.04. The fraction of sp³-hybridized carbons (Fsp3) is 0.308. The maximum atomic E-state index is 14.0. The number of carbonyl (C=O) groups is 1. The number of nitrogens with one attached hydrogen (secondary N) is 1. The van der Waals surface area contributed by atoms with E-state index in [1.165, 1.54) is 49.7 Å². The molecular weight excluding hydrogens is 556 g/mol. The number of nitrogens with zero attached hydrogens (tertiary/aromatic N) is 2. The SMILES string of the molecule is COc1cc(OC)c(NC(=O)C2CCN(S(=O)(=O)c3c(C)noc3C=Cc3ccc(F)cc3F)CC2)cc1Cl. The van der Waals surface area contributed by atoms with Gasteiger partial charge in [0.25, 0.3) is 0 Å². The first-order chi connectivity index (χ1) is 18.5. The molecule has 4 rings (SSSR count). The summed E-state index contributed by atoms with van der Waals surface area (Å²) in [7, 11) is -1.13. The van der Waals surface area contributed by atoms with Crippen LogP contribution in [0.2, 0.25) is 5.02 Å². The predicted molar refractivity (Wildman–Crippen MR) is 141 cm³/mol. The van der Waals surface area contributed by atoms with Crippen LogP contribution in [0.1, 0.15) is 29.9 Å². The van der Waals surface area contributed by atoms with Crippen LogP contribution in [0.15, 0.2) is 39.8 Å². The van der Waals surface area contributed by atoms with Gasteiger partial charge in [-0.2, -0.15) is 4.31 Å². The minimum Gasteiger partial charge on any atom is -0.495 e. The maximum absolute atomic E-state index is 14.0. The number of piperidine rings is 1. The quantitative estimate of drug-likeness (QED) is 0.392. The second kappa shape index (κ2) is 11.7. The van der Waals surface area contributed by atoms with Gasteiger partial charge in [0, 0.05) is 36.7 Å². The number of aryl methyl sites for hydroxylation is 1. The van der Waals surface area contributed by atoms with Crippen LogP contribution in [-0.4, -0.2) is 51.1 Å². The van der Waals surface area contributed by atoms with Gasteiger partial charge < -0.3 is 19.3 Å². The van der Waals surface area contributed by atoms with Crippen LogP contribution >= 0.6 is 11.6 Å². The summed E-state index contributed by atoms with van der Waals surface area (Å²) >= 11 is 6.19. The van der Waals surface area contributed by atoms with Crippen LogP contribution in [0.25, 0.3) is 12.2 Å². The molecule has 3 aromatic rings. The van der Waals surface area contributed by atoms with E-state index in [1.54, 1.807) is 6.07 Å². The zero-order chi connectivity index (χ0) is 28.3. The van der Waals surface area contributed by atoms with Gasteiger partial charge in [0.2, 0.25) is 15.9 Å². The normalized spacial score (nSPS) is 15.0. The number of hydrogen-bond acceptors (Lipinski definition) is 7. The first-order valence-corrected chi connectivity index (χ1v) is 13.7. The molecule has 0 aliphatic carbocycles. The molecule has 1 aliphatic heterocycles. The Labute approximate surface area is 229 Å². The first kappa shape index (κ1) is 28.5. The lowest BCUT2D eigenvalue weighted by atomic mass is 9.97. The Morgan fingerprint density at radius 1 is 1.13 bits per heavy atom. The zero-order valence-electron chi connectivity index (χ0n) is 21.3. The fourth-order valence-corrected chi connectivity index (χ4v) is 6.24. The van der Waals surface area contributed by atoms with Gasteiger partial charge >= 0.3 is 0 Å². The molecule has 0 bridgehead atoms. The summed E-state index contributed by atoms with van der Waals surface area (Å²) in [6.07, 6.45) is 3.10. The molecule has 208 valence electrons. The maximum Gasteiger partial charge on any atom is 0.248 e. The third-order valence-electron chi connectivity index (χ3n) is 6.36. The molecule has 39 heavy (non-hydrogen) atoms. The summed E-state index contributed by atoms with van der Waals surface area (Å²) in [6, 6.07) is 6.13. The molecule has 13 heteroatoms. The average Bonchev–Trinajstić information content (AvgIpc) is 3.29. The number of methoxy groups -OCH3 is 2. The van der Waals surface area contributed by atoms with Crippen molar-refractivity contribution in [2.24, 2.45) is 5.92 Å². The highest BCUT2D eigenvalue weighted by Crippen LogP contribution is 2.37. The highest BCUT2D eigenvalue weighted by molar-refractivity contribution is 7.89. The molecule has 9 nitrogen and oxygen atoms in total. The number of anilines is 1. The van der Waals surface area contributed by atoms with Crippen molar-refractivity contribution in [1.82, 2.24) is 9.46 Å². The van der Waals surface area contributed by atoms with Crippen molar-refractivity contribution >= 4 is 45.4 Å². The molecule has 2 aromatic carbocycles. The molecule has 1 aliphatic rings. The van der Waals surface area contributed by atoms with E-state index in [0.717, 1.165) is 12.1 Å². The second-order valence-corrected chi connectivity index (χ2v) is 11.1. The molecule has 0 atom stereocenters. The van der Waals surface area contributed by atoms with Crippen LogP contribution in [-0.2, 0) is 14.8 Å². The van der Waals surface area contributed by atoms with Crippen molar-refractivity contribution in [3.63, 3.8) is 0 Å². The Bertz CT molecular complexity index is 1520. The number of rotatable bonds is 8. The summed E-state index contributed by atoms with van der Waals surface area (Å²) < 4.78 is 71.1. The first-order valence-electron chi connectivity index (χ1n) is 11.9. The van der Waals surface area contributed by atoms with E-state index in [1.807, 2.05) is 0 Å². The van der Waals surface area contributed by atoms with Crippen molar-refractivity contribution in [1.29, 1.82) is 0 Å². The number of sulfonamides is 1. The van der Waals surface area contributed by atoms with Crippen molar-refractivity contribution in [2.45, 2.75) is 24.7 Å². The highest BCUT2D eigenvalue weighted by Gasteiger charge is 2.36. The number of aromatic nitrogens is 1. The molecule has 0 radical (unpaired) electrons. The number of ether oxygens (including phenoxy) is 2. The molecule has 1 N–H and O–H groups in total. The van der Waals surface area contributed by atoms with Crippen molar-refractivity contribution in [3.05, 3.63) is 64.0 Å². The van der Waals surface area contributed by atoms with Crippen molar-refractivity contribution in [2.75, 3.05) is 32.6 Å². The summed E-state index contributed by atoms with van der Waals surface area (Å²) in [4.78, 5) is 12.8. The summed E-state index contributed by atoms with van der Waals surface area (Å²) in [5, 5.41) is 6.87. The fourth-order valence-electron chi connectivity index (χ4n) is 4.28. The third-order valence-corrected chi connectivity index (χ3v) is 8.72. The average molecular weight is 582 g/mol. The van der Waals surface area contributed by atoms with E-state index >= 15 is 0 Å². The molecule has 0 spiro atoms. The van der Waals surface area contributed by atoms with Crippen LogP contribution in [0.5, 0.6) is 11.5 Å². The van der Waals surface area contributed by atoms with E-state index in [9.17, 15) is 22.0 Å². The van der Waals surface area contributed by atoms with E-state index in [2.05, 4.69) is 10.5 Å². The molecular formula is C26H26ClF2N3O6S. The Kier molecular flexibility index (Phi) is 8.57. The Balaban J connectivity index is 1.46. The molecule has 0 unspecified atom stereocenters. The Hall–Kier alpha value is -3.48. The third kappa shape index (κ3) is 6.07. The van der Waals surface area contributed by atoms with Crippen molar-refractivity contribution < 1.29 is 36.0 Å². The number of benzene rings is 2. The van der Waals surface area contributed by atoms with E-state index < -0.39 is 27.6 Å². The van der Waals surface area contributed by atoms with E-state index in [0.29, 0.717) is 22.2 Å². The summed E-state index contributed by atoms with van der Waals surface area (Å²) in [6.45, 7) is 1.66. The van der Waals surface area contributed by atoms with Crippen LogP contribution in [0.4, 0.5) is 14.5 Å².